The van der Waals surface area contributed by atoms with Gasteiger partial charge >= 0.3 is 5.97 Å². The Balaban J connectivity index is 2.15. The van der Waals surface area contributed by atoms with E-state index in [-0.39, 0.29) is 11.6 Å². The van der Waals surface area contributed by atoms with Crippen LogP contribution in [-0.2, 0) is 13.6 Å². The fraction of sp³-hybridized carbons (Fsp3) is 0.308. The third-order valence-electron chi connectivity index (χ3n) is 3.08. The number of nitrogens with zero attached hydrogens (tertiary/aromatic N) is 2. The maximum atomic E-state index is 12.1. The van der Waals surface area contributed by atoms with Gasteiger partial charge in [0.15, 0.2) is 0 Å². The van der Waals surface area contributed by atoms with E-state index in [1.807, 2.05) is 0 Å². The monoisotopic (exact) mass is 276 g/mol. The molecule has 2 rings (SSSR count). The molecule has 0 bridgehead atoms. The summed E-state index contributed by atoms with van der Waals surface area (Å²) in [7, 11) is 1.80. The molecule has 0 unspecified atom stereocenters. The number of rotatable bonds is 4. The fourth-order valence-electron chi connectivity index (χ4n) is 2.12. The summed E-state index contributed by atoms with van der Waals surface area (Å²) < 4.78 is 1.65. The predicted octanol–water partition coefficient (Wildman–Crippen LogP) is 0.993. The number of hydrogen-bond donors (Lipinski definition) is 3. The molecule has 3 N–H and O–H groups in total. The number of aromatic carboxylic acids is 1. The van der Waals surface area contributed by atoms with E-state index >= 15 is 0 Å². The number of H-pyrrole nitrogens is 1. The summed E-state index contributed by atoms with van der Waals surface area (Å²) >= 11 is 0. The lowest BCUT2D eigenvalue weighted by molar-refractivity contribution is 0.0690. The van der Waals surface area contributed by atoms with Crippen molar-refractivity contribution in [3.05, 3.63) is 40.5 Å². The molecule has 0 saturated heterocycles. The van der Waals surface area contributed by atoms with Gasteiger partial charge in [-0.3, -0.25) is 9.48 Å². The number of aryl methyl sites for hydroxylation is 2. The average molecular weight is 276 g/mol. The van der Waals surface area contributed by atoms with Crippen molar-refractivity contribution in [1.82, 2.24) is 20.1 Å². The van der Waals surface area contributed by atoms with E-state index in [0.717, 1.165) is 5.69 Å². The van der Waals surface area contributed by atoms with E-state index in [4.69, 9.17) is 5.11 Å². The molecule has 2 aromatic rings. The number of carboxylic acids is 1. The maximum absolute atomic E-state index is 12.1. The number of hydrogen-bond acceptors (Lipinski definition) is 3. The molecule has 0 saturated carbocycles. The number of amides is 1. The zero-order valence-electron chi connectivity index (χ0n) is 11.5. The van der Waals surface area contributed by atoms with Crippen molar-refractivity contribution in [3.63, 3.8) is 0 Å². The fourth-order valence-corrected chi connectivity index (χ4v) is 2.12. The quantitative estimate of drug-likeness (QED) is 0.775. The lowest BCUT2D eigenvalue weighted by Crippen LogP contribution is -2.24. The Morgan fingerprint density at radius 1 is 1.45 bits per heavy atom. The summed E-state index contributed by atoms with van der Waals surface area (Å²) in [6.45, 7) is 3.59. The number of nitrogens with one attached hydrogen (secondary N) is 2. The number of aromatic amines is 1. The Morgan fingerprint density at radius 2 is 2.15 bits per heavy atom. The summed E-state index contributed by atoms with van der Waals surface area (Å²) in [4.78, 5) is 25.9. The van der Waals surface area contributed by atoms with E-state index in [0.29, 0.717) is 23.4 Å². The Morgan fingerprint density at radius 3 is 2.65 bits per heavy atom. The molecule has 0 aliphatic rings. The number of carbonyl (C=O) groups excluding carboxylic acids is 1. The summed E-state index contributed by atoms with van der Waals surface area (Å²) in [6.07, 6.45) is 1.79. The topological polar surface area (TPSA) is 100 Å². The van der Waals surface area contributed by atoms with Crippen molar-refractivity contribution < 1.29 is 14.7 Å². The first-order valence-corrected chi connectivity index (χ1v) is 6.09. The molecule has 0 aromatic carbocycles. The van der Waals surface area contributed by atoms with Crippen LogP contribution in [0.25, 0.3) is 0 Å². The lowest BCUT2D eigenvalue weighted by atomic mass is 10.1. The largest absolute Gasteiger partial charge is 0.477 e. The molecule has 0 atom stereocenters. The molecular weight excluding hydrogens is 260 g/mol. The van der Waals surface area contributed by atoms with Gasteiger partial charge in [0.25, 0.3) is 5.91 Å². The molecule has 20 heavy (non-hydrogen) atoms. The Labute approximate surface area is 115 Å². The summed E-state index contributed by atoms with van der Waals surface area (Å²) in [5.74, 6) is -1.39. The summed E-state index contributed by atoms with van der Waals surface area (Å²) in [5, 5.41) is 15.9. The van der Waals surface area contributed by atoms with Gasteiger partial charge in [0, 0.05) is 18.9 Å². The lowest BCUT2D eigenvalue weighted by Gasteiger charge is -2.04. The zero-order valence-corrected chi connectivity index (χ0v) is 11.5. The van der Waals surface area contributed by atoms with Gasteiger partial charge in [-0.05, 0) is 25.5 Å². The van der Waals surface area contributed by atoms with Crippen LogP contribution in [-0.4, -0.2) is 31.7 Å². The van der Waals surface area contributed by atoms with Crippen molar-refractivity contribution >= 4 is 11.9 Å². The minimum atomic E-state index is -1.07. The van der Waals surface area contributed by atoms with Crippen molar-refractivity contribution in [2.75, 3.05) is 0 Å². The molecular formula is C13H16N4O3. The van der Waals surface area contributed by atoms with Gasteiger partial charge in [-0.25, -0.2) is 4.79 Å². The standard InChI is InChI=1S/C13H16N4O3/c1-7-10(8(2)15-11(7)13(19)20)12(18)14-6-9-4-5-17(3)16-9/h4-5,15H,6H2,1-3H3,(H,14,18)(H,19,20). The van der Waals surface area contributed by atoms with E-state index in [2.05, 4.69) is 15.4 Å². The van der Waals surface area contributed by atoms with Crippen LogP contribution >= 0.6 is 0 Å². The second-order valence-electron chi connectivity index (χ2n) is 4.59. The van der Waals surface area contributed by atoms with Crippen LogP contribution in [0.3, 0.4) is 0 Å². The van der Waals surface area contributed by atoms with Gasteiger partial charge in [-0.15, -0.1) is 0 Å². The predicted molar refractivity (Wildman–Crippen MR) is 71.6 cm³/mol. The van der Waals surface area contributed by atoms with E-state index in [1.54, 1.807) is 37.8 Å². The van der Waals surface area contributed by atoms with Gasteiger partial charge in [-0.2, -0.15) is 5.10 Å². The molecule has 0 fully saturated rings. The minimum Gasteiger partial charge on any atom is -0.477 e. The van der Waals surface area contributed by atoms with Crippen LogP contribution in [0.2, 0.25) is 0 Å². The molecule has 7 nitrogen and oxygen atoms in total. The number of aromatic nitrogens is 3. The van der Waals surface area contributed by atoms with Gasteiger partial charge in [0.2, 0.25) is 0 Å². The molecule has 2 aromatic heterocycles. The van der Waals surface area contributed by atoms with Crippen LogP contribution in [0.5, 0.6) is 0 Å². The average Bonchev–Trinajstić information content (AvgIpc) is 2.91. The highest BCUT2D eigenvalue weighted by molar-refractivity contribution is 6.00. The van der Waals surface area contributed by atoms with Gasteiger partial charge < -0.3 is 15.4 Å². The first kappa shape index (κ1) is 13.9. The van der Waals surface area contributed by atoms with E-state index in [1.165, 1.54) is 0 Å². The molecule has 106 valence electrons. The molecule has 1 amide bonds. The van der Waals surface area contributed by atoms with E-state index < -0.39 is 5.97 Å². The minimum absolute atomic E-state index is 0.0467. The van der Waals surface area contributed by atoms with Crippen molar-refractivity contribution in [1.29, 1.82) is 0 Å². The highest BCUT2D eigenvalue weighted by atomic mass is 16.4. The van der Waals surface area contributed by atoms with Crippen LogP contribution in [0.4, 0.5) is 0 Å². The van der Waals surface area contributed by atoms with Gasteiger partial charge in [-0.1, -0.05) is 0 Å². The summed E-state index contributed by atoms with van der Waals surface area (Å²) in [6, 6.07) is 1.81. The highest BCUT2D eigenvalue weighted by Gasteiger charge is 2.21. The van der Waals surface area contributed by atoms with Crippen LogP contribution in [0, 0.1) is 13.8 Å². The van der Waals surface area contributed by atoms with Crippen molar-refractivity contribution in [2.24, 2.45) is 7.05 Å². The first-order chi connectivity index (χ1) is 9.40. The normalized spacial score (nSPS) is 10.6. The highest BCUT2D eigenvalue weighted by Crippen LogP contribution is 2.17. The first-order valence-electron chi connectivity index (χ1n) is 6.09. The van der Waals surface area contributed by atoms with Crippen LogP contribution < -0.4 is 5.32 Å². The van der Waals surface area contributed by atoms with Crippen molar-refractivity contribution in [2.45, 2.75) is 20.4 Å². The maximum Gasteiger partial charge on any atom is 0.352 e. The van der Waals surface area contributed by atoms with Gasteiger partial charge in [0.05, 0.1) is 17.8 Å². The molecule has 0 radical (unpaired) electrons. The third-order valence-corrected chi connectivity index (χ3v) is 3.08. The second-order valence-corrected chi connectivity index (χ2v) is 4.59. The van der Waals surface area contributed by atoms with Gasteiger partial charge in [0.1, 0.15) is 5.69 Å². The SMILES string of the molecule is Cc1[nH]c(C(=O)O)c(C)c1C(=O)NCc1ccn(C)n1. The summed E-state index contributed by atoms with van der Waals surface area (Å²) in [5.41, 5.74) is 2.14. The smallest absolute Gasteiger partial charge is 0.352 e. The Bertz CT molecular complexity index is 669. The number of carboxylic acid groups (broad SMARTS) is 1. The van der Waals surface area contributed by atoms with Crippen LogP contribution in [0.15, 0.2) is 12.3 Å². The van der Waals surface area contributed by atoms with E-state index in [9.17, 15) is 9.59 Å². The molecule has 0 aliphatic heterocycles. The molecule has 0 spiro atoms. The van der Waals surface area contributed by atoms with Crippen molar-refractivity contribution in [3.8, 4) is 0 Å². The molecule has 7 heteroatoms. The number of carbonyl (C=O) groups is 2. The molecule has 2 heterocycles. The zero-order chi connectivity index (χ0) is 14.9. The molecule has 0 aliphatic carbocycles. The second kappa shape index (κ2) is 5.20. The Hall–Kier alpha value is -2.57. The Kier molecular flexibility index (Phi) is 3.60. The van der Waals surface area contributed by atoms with Crippen LogP contribution in [0.1, 0.15) is 37.8 Å². The third kappa shape index (κ3) is 2.56.